The molecule has 2 aromatic carbocycles. The Morgan fingerprint density at radius 2 is 1.86 bits per heavy atom. The molecule has 0 bridgehead atoms. The molecule has 2 aromatic rings. The van der Waals surface area contributed by atoms with E-state index in [0.717, 1.165) is 22.1 Å². The Kier molecular flexibility index (Phi) is 6.69. The number of benzene rings is 2. The molecule has 3 rings (SSSR count). The molecule has 0 radical (unpaired) electrons. The number of carbonyl (C=O) groups is 3. The van der Waals surface area contributed by atoms with Crippen LogP contribution in [0.1, 0.15) is 35.7 Å². The largest absolute Gasteiger partial charge is 0.352 e. The number of amides is 3. The van der Waals surface area contributed by atoms with Crippen LogP contribution in [0, 0.1) is 18.8 Å². The fourth-order valence-electron chi connectivity index (χ4n) is 2.99. The maximum absolute atomic E-state index is 12.4. The van der Waals surface area contributed by atoms with Gasteiger partial charge in [-0.1, -0.05) is 35.0 Å². The van der Waals surface area contributed by atoms with Gasteiger partial charge in [0.05, 0.1) is 0 Å². The summed E-state index contributed by atoms with van der Waals surface area (Å²) in [6.07, 6.45) is 1.07. The lowest BCUT2D eigenvalue weighted by Crippen LogP contribution is -2.28. The predicted molar refractivity (Wildman–Crippen MR) is 117 cm³/mol. The lowest BCUT2D eigenvalue weighted by atomic mass is 10.1. The average Bonchev–Trinajstić information content (AvgIpc) is 3.42. The normalized spacial score (nSPS) is 17.3. The van der Waals surface area contributed by atoms with E-state index >= 15 is 0 Å². The predicted octanol–water partition coefficient (Wildman–Crippen LogP) is 4.11. The third-order valence-electron chi connectivity index (χ3n) is 4.95. The molecule has 1 saturated carbocycles. The molecule has 0 aromatic heterocycles. The highest BCUT2D eigenvalue weighted by atomic mass is 79.9. The minimum atomic E-state index is -0.285. The molecule has 0 aliphatic heterocycles. The Balaban J connectivity index is 1.47. The van der Waals surface area contributed by atoms with Crippen LogP contribution in [0.15, 0.2) is 46.9 Å². The summed E-state index contributed by atoms with van der Waals surface area (Å²) in [5, 5.41) is 8.44. The van der Waals surface area contributed by atoms with Crippen LogP contribution >= 0.6 is 15.9 Å². The first-order chi connectivity index (χ1) is 13.8. The monoisotopic (exact) mass is 457 g/mol. The average molecular weight is 458 g/mol. The molecule has 29 heavy (non-hydrogen) atoms. The summed E-state index contributed by atoms with van der Waals surface area (Å²) >= 11 is 3.38. The van der Waals surface area contributed by atoms with Gasteiger partial charge in [0, 0.05) is 40.3 Å². The standard InChI is InChI=1S/C22H24BrN3O3/c1-13-6-7-16(23)12-19(13)26-20(27)8-9-24-21(28)15-4-3-5-17(11-15)25-22(29)18-10-14(18)2/h3-7,11-12,14,18H,8-10H2,1-2H3,(H,24,28)(H,25,29)(H,26,27). The highest BCUT2D eigenvalue weighted by Gasteiger charge is 2.39. The van der Waals surface area contributed by atoms with Gasteiger partial charge < -0.3 is 16.0 Å². The van der Waals surface area contributed by atoms with Crippen molar-refractivity contribution in [1.82, 2.24) is 5.32 Å². The fourth-order valence-corrected chi connectivity index (χ4v) is 3.35. The van der Waals surface area contributed by atoms with Crippen LogP contribution in [0.5, 0.6) is 0 Å². The molecule has 0 saturated heterocycles. The number of nitrogens with one attached hydrogen (secondary N) is 3. The summed E-state index contributed by atoms with van der Waals surface area (Å²) in [4.78, 5) is 36.5. The molecule has 152 valence electrons. The van der Waals surface area contributed by atoms with Gasteiger partial charge in [0.1, 0.15) is 0 Å². The van der Waals surface area contributed by atoms with Crippen LogP contribution < -0.4 is 16.0 Å². The first-order valence-electron chi connectivity index (χ1n) is 9.58. The van der Waals surface area contributed by atoms with Crippen LogP contribution in [-0.4, -0.2) is 24.3 Å². The van der Waals surface area contributed by atoms with Gasteiger partial charge in [0.15, 0.2) is 0 Å². The Labute approximate surface area is 178 Å². The molecule has 3 N–H and O–H groups in total. The molecule has 2 unspecified atom stereocenters. The number of hydrogen-bond donors (Lipinski definition) is 3. The van der Waals surface area contributed by atoms with E-state index in [-0.39, 0.29) is 36.6 Å². The lowest BCUT2D eigenvalue weighted by Gasteiger charge is -2.10. The third-order valence-corrected chi connectivity index (χ3v) is 5.44. The van der Waals surface area contributed by atoms with Crippen molar-refractivity contribution < 1.29 is 14.4 Å². The number of halogens is 1. The van der Waals surface area contributed by atoms with Gasteiger partial charge in [-0.3, -0.25) is 14.4 Å². The summed E-state index contributed by atoms with van der Waals surface area (Å²) in [5.41, 5.74) is 2.74. The number of hydrogen-bond acceptors (Lipinski definition) is 3. The lowest BCUT2D eigenvalue weighted by molar-refractivity contribution is -0.117. The van der Waals surface area contributed by atoms with E-state index in [1.807, 2.05) is 32.0 Å². The molecule has 1 aliphatic carbocycles. The van der Waals surface area contributed by atoms with E-state index in [1.54, 1.807) is 24.3 Å². The number of aryl methyl sites for hydroxylation is 1. The first-order valence-corrected chi connectivity index (χ1v) is 10.4. The van der Waals surface area contributed by atoms with Crippen molar-refractivity contribution in [1.29, 1.82) is 0 Å². The summed E-state index contributed by atoms with van der Waals surface area (Å²) < 4.78 is 0.884. The number of carbonyl (C=O) groups excluding carboxylic acids is 3. The van der Waals surface area contributed by atoms with Crippen LogP contribution in [0.3, 0.4) is 0 Å². The second-order valence-corrected chi connectivity index (χ2v) is 8.32. The highest BCUT2D eigenvalue weighted by molar-refractivity contribution is 9.10. The maximum atomic E-state index is 12.4. The Morgan fingerprint density at radius 3 is 2.59 bits per heavy atom. The van der Waals surface area contributed by atoms with Crippen molar-refractivity contribution in [3.63, 3.8) is 0 Å². The second-order valence-electron chi connectivity index (χ2n) is 7.40. The Morgan fingerprint density at radius 1 is 1.10 bits per heavy atom. The van der Waals surface area contributed by atoms with Gasteiger partial charge in [0.2, 0.25) is 11.8 Å². The highest BCUT2D eigenvalue weighted by Crippen LogP contribution is 2.38. The molecular formula is C22H24BrN3O3. The summed E-state index contributed by atoms with van der Waals surface area (Å²) in [7, 11) is 0. The van der Waals surface area contributed by atoms with Crippen molar-refractivity contribution >= 4 is 45.0 Å². The van der Waals surface area contributed by atoms with Crippen LogP contribution in [0.2, 0.25) is 0 Å². The molecule has 7 heteroatoms. The van der Waals surface area contributed by atoms with Gasteiger partial charge in [-0.2, -0.15) is 0 Å². The van der Waals surface area contributed by atoms with E-state index in [2.05, 4.69) is 31.9 Å². The molecule has 6 nitrogen and oxygen atoms in total. The molecule has 0 heterocycles. The molecular weight excluding hydrogens is 434 g/mol. The van der Waals surface area contributed by atoms with E-state index in [0.29, 0.717) is 17.2 Å². The number of anilines is 2. The molecule has 2 atom stereocenters. The smallest absolute Gasteiger partial charge is 0.251 e. The van der Waals surface area contributed by atoms with E-state index < -0.39 is 0 Å². The van der Waals surface area contributed by atoms with Gasteiger partial charge in [-0.15, -0.1) is 0 Å². The van der Waals surface area contributed by atoms with Crippen LogP contribution in [-0.2, 0) is 9.59 Å². The Bertz CT molecular complexity index is 945. The number of rotatable bonds is 7. The van der Waals surface area contributed by atoms with Gasteiger partial charge in [-0.05, 0) is 55.2 Å². The van der Waals surface area contributed by atoms with E-state index in [9.17, 15) is 14.4 Å². The van der Waals surface area contributed by atoms with Crippen LogP contribution in [0.4, 0.5) is 11.4 Å². The van der Waals surface area contributed by atoms with Crippen molar-refractivity contribution in [2.45, 2.75) is 26.7 Å². The maximum Gasteiger partial charge on any atom is 0.251 e. The van der Waals surface area contributed by atoms with Crippen LogP contribution in [0.25, 0.3) is 0 Å². The zero-order valence-electron chi connectivity index (χ0n) is 16.4. The van der Waals surface area contributed by atoms with Crippen molar-refractivity contribution in [3.05, 3.63) is 58.1 Å². The quantitative estimate of drug-likeness (QED) is 0.584. The van der Waals surface area contributed by atoms with Gasteiger partial charge in [0.25, 0.3) is 5.91 Å². The zero-order chi connectivity index (χ0) is 21.0. The van der Waals surface area contributed by atoms with Crippen molar-refractivity contribution in [3.8, 4) is 0 Å². The van der Waals surface area contributed by atoms with E-state index in [4.69, 9.17) is 0 Å². The summed E-state index contributed by atoms with van der Waals surface area (Å²) in [6.45, 7) is 4.18. The molecule has 3 amide bonds. The topological polar surface area (TPSA) is 87.3 Å². The van der Waals surface area contributed by atoms with E-state index in [1.165, 1.54) is 0 Å². The van der Waals surface area contributed by atoms with Crippen molar-refractivity contribution in [2.75, 3.05) is 17.2 Å². The molecule has 0 spiro atoms. The van der Waals surface area contributed by atoms with Gasteiger partial charge in [-0.25, -0.2) is 0 Å². The summed E-state index contributed by atoms with van der Waals surface area (Å²) in [5.74, 6) is 0.0289. The van der Waals surface area contributed by atoms with Crippen molar-refractivity contribution in [2.24, 2.45) is 11.8 Å². The fraction of sp³-hybridized carbons (Fsp3) is 0.318. The minimum absolute atomic E-state index is 0.00503. The second kappa shape index (κ2) is 9.22. The summed E-state index contributed by atoms with van der Waals surface area (Å²) in [6, 6.07) is 12.5. The van der Waals surface area contributed by atoms with Gasteiger partial charge >= 0.3 is 0 Å². The zero-order valence-corrected chi connectivity index (χ0v) is 18.0. The Hall–Kier alpha value is -2.67. The first kappa shape index (κ1) is 21.0. The minimum Gasteiger partial charge on any atom is -0.352 e. The molecule has 1 fully saturated rings. The third kappa shape index (κ3) is 5.90. The molecule has 1 aliphatic rings. The SMILES string of the molecule is Cc1ccc(Br)cc1NC(=O)CCNC(=O)c1cccc(NC(=O)C2CC2C)c1.